The van der Waals surface area contributed by atoms with Crippen molar-refractivity contribution in [2.24, 2.45) is 5.92 Å². The van der Waals surface area contributed by atoms with Gasteiger partial charge in [0.2, 0.25) is 0 Å². The fraction of sp³-hybridized carbons (Fsp3) is 0.375. The van der Waals surface area contributed by atoms with E-state index in [4.69, 9.17) is 0 Å². The van der Waals surface area contributed by atoms with Gasteiger partial charge < -0.3 is 4.74 Å². The van der Waals surface area contributed by atoms with Crippen LogP contribution in [0.4, 0.5) is 0 Å². The zero-order valence-electron chi connectivity index (χ0n) is 6.79. The van der Waals surface area contributed by atoms with Gasteiger partial charge in [0.1, 0.15) is 5.76 Å². The fourth-order valence-corrected chi connectivity index (χ4v) is 1.01. The van der Waals surface area contributed by atoms with E-state index in [1.807, 2.05) is 0 Å². The van der Waals surface area contributed by atoms with Gasteiger partial charge in [-0.3, -0.25) is 14.4 Å². The second-order valence-corrected chi connectivity index (χ2v) is 2.62. The molecule has 0 bridgehead atoms. The Morgan fingerprint density at radius 2 is 2.00 bits per heavy atom. The number of cyclic esters (lactones) is 1. The summed E-state index contributed by atoms with van der Waals surface area (Å²) >= 11 is 0. The standard InChI is InChI=1S/C8H8O4.K.H/c1-4-3-6(10)7(5(2)9)8(11)12-4;;/h3,7H,1-2H3;;. The SMILES string of the molecule is CC(=O)C1C(=O)C=C(C)OC1=O.[KH]. The second-order valence-electron chi connectivity index (χ2n) is 2.62. The molecule has 0 saturated carbocycles. The molecule has 0 aromatic rings. The molecule has 1 atom stereocenters. The Kier molecular flexibility index (Phi) is 5.24. The summed E-state index contributed by atoms with van der Waals surface area (Å²) < 4.78 is 4.61. The summed E-state index contributed by atoms with van der Waals surface area (Å²) in [6.45, 7) is 2.68. The molecule has 1 aliphatic heterocycles. The van der Waals surface area contributed by atoms with Crippen molar-refractivity contribution in [3.63, 3.8) is 0 Å². The summed E-state index contributed by atoms with van der Waals surface area (Å²) in [7, 11) is 0. The monoisotopic (exact) mass is 208 g/mol. The van der Waals surface area contributed by atoms with Crippen LogP contribution in [-0.4, -0.2) is 68.9 Å². The molecule has 13 heavy (non-hydrogen) atoms. The molecular formula is C8H9KO4. The van der Waals surface area contributed by atoms with Crippen LogP contribution in [0.3, 0.4) is 0 Å². The number of hydrogen-bond donors (Lipinski definition) is 0. The van der Waals surface area contributed by atoms with Crippen LogP contribution in [-0.2, 0) is 19.1 Å². The van der Waals surface area contributed by atoms with Crippen molar-refractivity contribution >= 4 is 68.9 Å². The first kappa shape index (κ1) is 13.2. The van der Waals surface area contributed by atoms with E-state index in [2.05, 4.69) is 4.74 Å². The van der Waals surface area contributed by atoms with Crippen LogP contribution < -0.4 is 0 Å². The Labute approximate surface area is 118 Å². The van der Waals surface area contributed by atoms with Gasteiger partial charge in [-0.2, -0.15) is 0 Å². The van der Waals surface area contributed by atoms with E-state index in [1.54, 1.807) is 0 Å². The van der Waals surface area contributed by atoms with Gasteiger partial charge in [0.05, 0.1) is 0 Å². The molecule has 4 nitrogen and oxygen atoms in total. The van der Waals surface area contributed by atoms with E-state index in [0.717, 1.165) is 6.08 Å². The molecule has 66 valence electrons. The molecule has 0 aromatic carbocycles. The Morgan fingerprint density at radius 1 is 1.46 bits per heavy atom. The van der Waals surface area contributed by atoms with Crippen molar-refractivity contribution < 1.29 is 19.1 Å². The van der Waals surface area contributed by atoms with Crippen molar-refractivity contribution in [3.05, 3.63) is 11.8 Å². The fourth-order valence-electron chi connectivity index (χ4n) is 1.01. The summed E-state index contributed by atoms with van der Waals surface area (Å²) in [5.41, 5.74) is 0. The normalized spacial score (nSPS) is 21.4. The Bertz CT molecular complexity index is 293. The number of ketones is 2. The molecule has 1 heterocycles. The van der Waals surface area contributed by atoms with Crippen LogP contribution in [0.5, 0.6) is 0 Å². The van der Waals surface area contributed by atoms with Crippen LogP contribution >= 0.6 is 0 Å². The van der Waals surface area contributed by atoms with Crippen LogP contribution in [0, 0.1) is 5.92 Å². The third kappa shape index (κ3) is 3.10. The summed E-state index contributed by atoms with van der Waals surface area (Å²) in [5.74, 6) is -2.74. The third-order valence-corrected chi connectivity index (χ3v) is 1.53. The number of rotatable bonds is 1. The minimum atomic E-state index is -1.24. The Hall–Kier alpha value is 0.186. The quantitative estimate of drug-likeness (QED) is 0.333. The number of carbonyl (C=O) groups excluding carboxylic acids is 3. The summed E-state index contributed by atoms with van der Waals surface area (Å²) in [4.78, 5) is 32.8. The molecule has 1 aliphatic rings. The van der Waals surface area contributed by atoms with Gasteiger partial charge in [-0.25, -0.2) is 0 Å². The molecular weight excluding hydrogens is 199 g/mol. The molecule has 0 N–H and O–H groups in total. The molecule has 5 heteroatoms. The van der Waals surface area contributed by atoms with E-state index in [9.17, 15) is 14.4 Å². The van der Waals surface area contributed by atoms with E-state index >= 15 is 0 Å². The first-order valence-electron chi connectivity index (χ1n) is 3.46. The number of carbonyl (C=O) groups is 3. The van der Waals surface area contributed by atoms with E-state index in [-0.39, 0.29) is 57.1 Å². The van der Waals surface area contributed by atoms with Gasteiger partial charge in [-0.15, -0.1) is 0 Å². The zero-order chi connectivity index (χ0) is 9.30. The number of Topliss-reactive ketones (excluding diaryl/α,β-unsaturated/α-hetero) is 1. The van der Waals surface area contributed by atoms with Crippen LogP contribution in [0.15, 0.2) is 11.8 Å². The zero-order valence-corrected chi connectivity index (χ0v) is 6.79. The second kappa shape index (κ2) is 5.16. The van der Waals surface area contributed by atoms with Gasteiger partial charge in [0, 0.05) is 6.08 Å². The van der Waals surface area contributed by atoms with Crippen LogP contribution in [0.25, 0.3) is 0 Å². The van der Waals surface area contributed by atoms with Crippen LogP contribution in [0.2, 0.25) is 0 Å². The molecule has 0 spiro atoms. The maximum atomic E-state index is 11.1. The average molecular weight is 208 g/mol. The minimum absolute atomic E-state index is 0. The van der Waals surface area contributed by atoms with Crippen molar-refractivity contribution in [1.29, 1.82) is 0 Å². The van der Waals surface area contributed by atoms with Gasteiger partial charge >= 0.3 is 57.4 Å². The first-order valence-corrected chi connectivity index (χ1v) is 3.46. The topological polar surface area (TPSA) is 60.4 Å². The first-order chi connectivity index (χ1) is 5.52. The van der Waals surface area contributed by atoms with Crippen LogP contribution in [0.1, 0.15) is 13.8 Å². The van der Waals surface area contributed by atoms with Gasteiger partial charge in [0.25, 0.3) is 0 Å². The summed E-state index contributed by atoms with van der Waals surface area (Å²) in [6, 6.07) is 0. The van der Waals surface area contributed by atoms with Gasteiger partial charge in [0.15, 0.2) is 17.5 Å². The van der Waals surface area contributed by atoms with Crippen molar-refractivity contribution in [3.8, 4) is 0 Å². The van der Waals surface area contributed by atoms with Crippen molar-refractivity contribution in [1.82, 2.24) is 0 Å². The third-order valence-electron chi connectivity index (χ3n) is 1.53. The molecule has 1 rings (SSSR count). The van der Waals surface area contributed by atoms with E-state index in [1.165, 1.54) is 13.8 Å². The average Bonchev–Trinajstić information content (AvgIpc) is 1.82. The van der Waals surface area contributed by atoms with Crippen molar-refractivity contribution in [2.75, 3.05) is 0 Å². The van der Waals surface area contributed by atoms with E-state index < -0.39 is 23.5 Å². The van der Waals surface area contributed by atoms with Gasteiger partial charge in [-0.1, -0.05) is 0 Å². The molecule has 0 aromatic heterocycles. The number of esters is 1. The molecule has 0 aliphatic carbocycles. The number of ether oxygens (including phenoxy) is 1. The summed E-state index contributed by atoms with van der Waals surface area (Å²) in [6.07, 6.45) is 1.16. The number of hydrogen-bond acceptors (Lipinski definition) is 4. The molecule has 0 amide bonds. The molecule has 1 unspecified atom stereocenters. The molecule has 0 radical (unpaired) electrons. The predicted octanol–water partition coefficient (Wildman–Crippen LogP) is -0.427. The van der Waals surface area contributed by atoms with E-state index in [0.29, 0.717) is 0 Å². The van der Waals surface area contributed by atoms with Crippen molar-refractivity contribution in [2.45, 2.75) is 13.8 Å². The van der Waals surface area contributed by atoms with Gasteiger partial charge in [-0.05, 0) is 13.8 Å². The summed E-state index contributed by atoms with van der Waals surface area (Å²) in [5, 5.41) is 0. The Balaban J connectivity index is 0.00000144. The molecule has 0 fully saturated rings. The Morgan fingerprint density at radius 3 is 2.38 bits per heavy atom. The predicted molar refractivity (Wildman–Crippen MR) is 46.2 cm³/mol. The molecule has 0 saturated heterocycles. The maximum absolute atomic E-state index is 11.1. The number of allylic oxidation sites excluding steroid dienone is 2.